The fraction of sp³-hybridized carbons (Fsp3) is 0.375. The second-order valence-corrected chi connectivity index (χ2v) is 2.82. The number of nitrogens with zero attached hydrogens (tertiary/aromatic N) is 1. The molecule has 0 aliphatic heterocycles. The van der Waals surface area contributed by atoms with E-state index in [1.54, 1.807) is 0 Å². The highest BCUT2D eigenvalue weighted by Crippen LogP contribution is 2.35. The van der Waals surface area contributed by atoms with Crippen molar-refractivity contribution in [3.8, 4) is 11.6 Å². The van der Waals surface area contributed by atoms with Gasteiger partial charge in [-0.05, 0) is 0 Å². The summed E-state index contributed by atoms with van der Waals surface area (Å²) in [5.41, 5.74) is 3.82. The average Bonchev–Trinajstić information content (AvgIpc) is 2.13. The number of hydrogen-bond acceptors (Lipinski definition) is 4. The topological polar surface area (TPSA) is 57.4 Å². The van der Waals surface area contributed by atoms with Gasteiger partial charge in [-0.2, -0.15) is 0 Å². The fourth-order valence-corrected chi connectivity index (χ4v) is 1.09. The number of alkyl halides is 5. The van der Waals surface area contributed by atoms with Crippen LogP contribution in [0.25, 0.3) is 0 Å². The molecule has 0 amide bonds. The van der Waals surface area contributed by atoms with E-state index in [-0.39, 0.29) is 0 Å². The lowest BCUT2D eigenvalue weighted by Gasteiger charge is -2.13. The first-order chi connectivity index (χ1) is 7.74. The summed E-state index contributed by atoms with van der Waals surface area (Å²) in [5.74, 6) is -1.54. The van der Waals surface area contributed by atoms with Gasteiger partial charge >= 0.3 is 6.36 Å². The number of pyridine rings is 1. The molecule has 1 aromatic rings. The first-order valence-corrected chi connectivity index (χ1v) is 4.13. The molecule has 0 bridgehead atoms. The SMILES string of the molecule is COc1c(N)cc(OC(F)(F)F)nc1C(F)F. The van der Waals surface area contributed by atoms with Crippen LogP contribution in [0.3, 0.4) is 0 Å². The van der Waals surface area contributed by atoms with Crippen molar-refractivity contribution in [1.82, 2.24) is 4.98 Å². The number of aromatic nitrogens is 1. The molecule has 9 heteroatoms. The molecule has 0 spiro atoms. The van der Waals surface area contributed by atoms with Crippen LogP contribution in [0, 0.1) is 0 Å². The Morgan fingerprint density at radius 1 is 1.35 bits per heavy atom. The maximum absolute atomic E-state index is 12.5. The molecule has 0 aromatic carbocycles. The van der Waals surface area contributed by atoms with Crippen molar-refractivity contribution < 1.29 is 31.4 Å². The van der Waals surface area contributed by atoms with Crippen molar-refractivity contribution in [1.29, 1.82) is 0 Å². The van der Waals surface area contributed by atoms with E-state index in [1.165, 1.54) is 0 Å². The molecule has 0 atom stereocenters. The van der Waals surface area contributed by atoms with Gasteiger partial charge in [-0.1, -0.05) is 0 Å². The Labute approximate surface area is 92.1 Å². The molecule has 0 radical (unpaired) electrons. The third-order valence-electron chi connectivity index (χ3n) is 1.64. The highest BCUT2D eigenvalue weighted by molar-refractivity contribution is 5.57. The van der Waals surface area contributed by atoms with Gasteiger partial charge in [0.1, 0.15) is 0 Å². The third kappa shape index (κ3) is 3.33. The lowest BCUT2D eigenvalue weighted by atomic mass is 10.3. The van der Waals surface area contributed by atoms with E-state index in [0.717, 1.165) is 7.11 Å². The molecule has 1 heterocycles. The molecule has 4 nitrogen and oxygen atoms in total. The number of nitrogen functional groups attached to an aromatic ring is 1. The largest absolute Gasteiger partial charge is 0.574 e. The molecule has 17 heavy (non-hydrogen) atoms. The molecule has 0 saturated carbocycles. The van der Waals surface area contributed by atoms with Crippen LogP contribution >= 0.6 is 0 Å². The lowest BCUT2D eigenvalue weighted by molar-refractivity contribution is -0.276. The predicted molar refractivity (Wildman–Crippen MR) is 46.8 cm³/mol. The highest BCUT2D eigenvalue weighted by atomic mass is 19.4. The normalized spacial score (nSPS) is 11.7. The molecule has 96 valence electrons. The van der Waals surface area contributed by atoms with E-state index in [9.17, 15) is 22.0 Å². The molecule has 2 N–H and O–H groups in total. The van der Waals surface area contributed by atoms with Gasteiger partial charge in [-0.3, -0.25) is 0 Å². The maximum atomic E-state index is 12.5. The number of anilines is 1. The van der Waals surface area contributed by atoms with Gasteiger partial charge in [0.2, 0.25) is 5.88 Å². The van der Waals surface area contributed by atoms with Gasteiger partial charge in [0, 0.05) is 6.07 Å². The number of methoxy groups -OCH3 is 1. The van der Waals surface area contributed by atoms with E-state index in [2.05, 4.69) is 14.5 Å². The van der Waals surface area contributed by atoms with Crippen LogP contribution in [0.15, 0.2) is 6.07 Å². The van der Waals surface area contributed by atoms with Crippen molar-refractivity contribution in [3.63, 3.8) is 0 Å². The van der Waals surface area contributed by atoms with E-state index in [4.69, 9.17) is 5.73 Å². The summed E-state index contributed by atoms with van der Waals surface area (Å²) in [6.45, 7) is 0. The van der Waals surface area contributed by atoms with Crippen molar-refractivity contribution >= 4 is 5.69 Å². The van der Waals surface area contributed by atoms with Crippen LogP contribution in [-0.4, -0.2) is 18.5 Å². The Hall–Kier alpha value is -1.80. The fourth-order valence-electron chi connectivity index (χ4n) is 1.09. The standard InChI is InChI=1S/C8H7F5N2O2/c1-16-6-3(14)2-4(17-8(11,12)13)15-5(6)7(9)10/h2,7H,1H3,(H2,14,15). The van der Waals surface area contributed by atoms with Gasteiger partial charge in [0.25, 0.3) is 6.43 Å². The molecule has 1 rings (SSSR count). The molecular weight excluding hydrogens is 251 g/mol. The van der Waals surface area contributed by atoms with E-state index in [1.807, 2.05) is 0 Å². The van der Waals surface area contributed by atoms with Crippen LogP contribution in [0.1, 0.15) is 12.1 Å². The zero-order valence-electron chi connectivity index (χ0n) is 8.39. The number of halogens is 5. The molecule has 0 saturated heterocycles. The van der Waals surface area contributed by atoms with Crippen molar-refractivity contribution in [2.45, 2.75) is 12.8 Å². The smallest absolute Gasteiger partial charge is 0.492 e. The number of ether oxygens (including phenoxy) is 2. The summed E-state index contributed by atoms with van der Waals surface area (Å²) in [4.78, 5) is 2.99. The maximum Gasteiger partial charge on any atom is 0.574 e. The lowest BCUT2D eigenvalue weighted by Crippen LogP contribution is -2.18. The predicted octanol–water partition coefficient (Wildman–Crippen LogP) is 2.51. The summed E-state index contributed by atoms with van der Waals surface area (Å²) >= 11 is 0. The zero-order chi connectivity index (χ0) is 13.2. The Kier molecular flexibility index (Phi) is 3.59. The Morgan fingerprint density at radius 2 is 1.94 bits per heavy atom. The molecule has 0 aliphatic carbocycles. The van der Waals surface area contributed by atoms with E-state index in [0.29, 0.717) is 6.07 Å². The van der Waals surface area contributed by atoms with Crippen LogP contribution in [0.2, 0.25) is 0 Å². The number of nitrogens with two attached hydrogens (primary N) is 1. The van der Waals surface area contributed by atoms with Gasteiger partial charge in [-0.25, -0.2) is 13.8 Å². The highest BCUT2D eigenvalue weighted by Gasteiger charge is 2.33. The molecule has 0 aliphatic rings. The van der Waals surface area contributed by atoms with Crippen LogP contribution in [-0.2, 0) is 0 Å². The van der Waals surface area contributed by atoms with E-state index < -0.39 is 35.8 Å². The molecular formula is C8H7F5N2O2. The minimum Gasteiger partial charge on any atom is -0.492 e. The number of hydrogen-bond donors (Lipinski definition) is 1. The monoisotopic (exact) mass is 258 g/mol. The first kappa shape index (κ1) is 13.3. The second-order valence-electron chi connectivity index (χ2n) is 2.82. The van der Waals surface area contributed by atoms with Gasteiger partial charge in [0.15, 0.2) is 11.4 Å². The second kappa shape index (κ2) is 4.60. The van der Waals surface area contributed by atoms with Gasteiger partial charge in [0.05, 0.1) is 12.8 Å². The Balaban J connectivity index is 3.20. The van der Waals surface area contributed by atoms with Crippen molar-refractivity contribution in [3.05, 3.63) is 11.8 Å². The van der Waals surface area contributed by atoms with Gasteiger partial charge < -0.3 is 15.2 Å². The summed E-state index contributed by atoms with van der Waals surface area (Å²) in [6.07, 6.45) is -8.17. The minimum absolute atomic E-state index is 0.419. The number of rotatable bonds is 3. The molecule has 1 aromatic heterocycles. The van der Waals surface area contributed by atoms with Crippen LogP contribution in [0.5, 0.6) is 11.6 Å². The first-order valence-electron chi connectivity index (χ1n) is 4.13. The summed E-state index contributed by atoms with van der Waals surface area (Å²) in [6, 6.07) is 0.651. The third-order valence-corrected chi connectivity index (χ3v) is 1.64. The van der Waals surface area contributed by atoms with Crippen molar-refractivity contribution in [2.75, 3.05) is 12.8 Å². The summed E-state index contributed by atoms with van der Waals surface area (Å²) in [5, 5.41) is 0. The molecule has 0 fully saturated rings. The van der Waals surface area contributed by atoms with Crippen LogP contribution in [0.4, 0.5) is 27.6 Å². The van der Waals surface area contributed by atoms with Crippen LogP contribution < -0.4 is 15.2 Å². The zero-order valence-corrected chi connectivity index (χ0v) is 8.39. The Bertz CT molecular complexity index is 408. The van der Waals surface area contributed by atoms with Gasteiger partial charge in [-0.15, -0.1) is 13.2 Å². The van der Waals surface area contributed by atoms with Crippen molar-refractivity contribution in [2.24, 2.45) is 0 Å². The molecule has 0 unspecified atom stereocenters. The quantitative estimate of drug-likeness (QED) is 0.846. The summed E-state index contributed by atoms with van der Waals surface area (Å²) < 4.78 is 68.5. The summed E-state index contributed by atoms with van der Waals surface area (Å²) in [7, 11) is 1.05. The Morgan fingerprint density at radius 3 is 2.35 bits per heavy atom. The van der Waals surface area contributed by atoms with E-state index >= 15 is 0 Å². The average molecular weight is 258 g/mol. The minimum atomic E-state index is -5.03.